The van der Waals surface area contributed by atoms with Crippen LogP contribution in [0.4, 0.5) is 0 Å². The molecule has 0 aliphatic heterocycles. The molecule has 0 aliphatic rings. The number of benzene rings is 2. The highest BCUT2D eigenvalue weighted by Gasteiger charge is 2.05. The highest BCUT2D eigenvalue weighted by molar-refractivity contribution is 9.10. The molecule has 0 radical (unpaired) electrons. The average molecular weight is 323 g/mol. The second-order valence-corrected chi connectivity index (χ2v) is 5.93. The lowest BCUT2D eigenvalue weighted by Gasteiger charge is -2.08. The lowest BCUT2D eigenvalue weighted by Crippen LogP contribution is -1.86. The molecule has 0 aromatic heterocycles. The van der Waals surface area contributed by atoms with Crippen LogP contribution in [0, 0.1) is 0 Å². The fourth-order valence-corrected chi connectivity index (χ4v) is 2.89. The Balaban J connectivity index is 2.22. The first-order chi connectivity index (χ1) is 8.72. The van der Waals surface area contributed by atoms with Gasteiger partial charge in [-0.3, -0.25) is 0 Å². The zero-order chi connectivity index (χ0) is 13.0. The number of hydrogen-bond acceptors (Lipinski definition) is 2. The minimum absolute atomic E-state index is 0.897. The Morgan fingerprint density at radius 2 is 1.83 bits per heavy atom. The maximum absolute atomic E-state index is 5.39. The molecule has 2 aromatic rings. The van der Waals surface area contributed by atoms with Gasteiger partial charge < -0.3 is 4.74 Å². The van der Waals surface area contributed by atoms with Gasteiger partial charge in [0.05, 0.1) is 12.0 Å². The Hall–Kier alpha value is -0.930. The van der Waals surface area contributed by atoms with E-state index in [0.29, 0.717) is 0 Å². The molecule has 0 spiro atoms. The first-order valence-electron chi connectivity index (χ1n) is 5.83. The van der Waals surface area contributed by atoms with Gasteiger partial charge >= 0.3 is 0 Å². The maximum Gasteiger partial charge on any atom is 0.133 e. The van der Waals surface area contributed by atoms with Gasteiger partial charge in [0.2, 0.25) is 0 Å². The van der Waals surface area contributed by atoms with Crippen molar-refractivity contribution in [1.82, 2.24) is 0 Å². The van der Waals surface area contributed by atoms with Crippen molar-refractivity contribution in [3.63, 3.8) is 0 Å². The van der Waals surface area contributed by atoms with Crippen LogP contribution in [0.1, 0.15) is 12.5 Å². The molecule has 0 heterocycles. The first-order valence-corrected chi connectivity index (χ1v) is 7.44. The summed E-state index contributed by atoms with van der Waals surface area (Å²) in [7, 11) is 1.70. The molecule has 2 rings (SSSR count). The molecule has 0 saturated carbocycles. The van der Waals surface area contributed by atoms with Crippen molar-refractivity contribution in [2.24, 2.45) is 0 Å². The monoisotopic (exact) mass is 322 g/mol. The van der Waals surface area contributed by atoms with Crippen LogP contribution in [0.25, 0.3) is 0 Å². The third-order valence-corrected chi connectivity index (χ3v) is 4.24. The van der Waals surface area contributed by atoms with E-state index in [-0.39, 0.29) is 0 Å². The minimum Gasteiger partial charge on any atom is -0.496 e. The van der Waals surface area contributed by atoms with Crippen molar-refractivity contribution < 1.29 is 4.74 Å². The van der Waals surface area contributed by atoms with E-state index in [9.17, 15) is 0 Å². The van der Waals surface area contributed by atoms with Crippen LogP contribution in [-0.4, -0.2) is 7.11 Å². The molecule has 0 bridgehead atoms. The van der Waals surface area contributed by atoms with Crippen LogP contribution >= 0.6 is 27.7 Å². The fourth-order valence-electron chi connectivity index (χ4n) is 1.65. The number of ether oxygens (including phenoxy) is 1. The lowest BCUT2D eigenvalue weighted by atomic mass is 10.2. The van der Waals surface area contributed by atoms with Crippen molar-refractivity contribution in [2.75, 3.05) is 7.11 Å². The molecule has 0 unspecified atom stereocenters. The largest absolute Gasteiger partial charge is 0.496 e. The van der Waals surface area contributed by atoms with Crippen LogP contribution in [0.15, 0.2) is 56.7 Å². The van der Waals surface area contributed by atoms with Gasteiger partial charge in [-0.2, -0.15) is 0 Å². The molecule has 3 heteroatoms. The van der Waals surface area contributed by atoms with Gasteiger partial charge in [-0.05, 0) is 42.3 Å². The van der Waals surface area contributed by atoms with Crippen molar-refractivity contribution in [3.05, 3.63) is 52.5 Å². The van der Waals surface area contributed by atoms with E-state index in [4.69, 9.17) is 4.74 Å². The number of hydrogen-bond donors (Lipinski definition) is 0. The summed E-state index contributed by atoms with van der Waals surface area (Å²) in [5, 5.41) is 0. The fraction of sp³-hybridized carbons (Fsp3) is 0.200. The quantitative estimate of drug-likeness (QED) is 0.767. The van der Waals surface area contributed by atoms with E-state index in [0.717, 1.165) is 21.5 Å². The highest BCUT2D eigenvalue weighted by Crippen LogP contribution is 2.36. The Bertz CT molecular complexity index is 523. The van der Waals surface area contributed by atoms with Gasteiger partial charge in [0.15, 0.2) is 0 Å². The number of methoxy groups -OCH3 is 1. The zero-order valence-electron chi connectivity index (χ0n) is 10.4. The summed E-state index contributed by atoms with van der Waals surface area (Å²) in [5.41, 5.74) is 1.36. The van der Waals surface area contributed by atoms with Gasteiger partial charge in [-0.1, -0.05) is 46.7 Å². The number of aryl methyl sites for hydroxylation is 1. The molecule has 94 valence electrons. The zero-order valence-corrected chi connectivity index (χ0v) is 12.8. The van der Waals surface area contributed by atoms with E-state index < -0.39 is 0 Å². The summed E-state index contributed by atoms with van der Waals surface area (Å²) in [4.78, 5) is 2.36. The SMILES string of the molecule is CCc1ccc(Sc2ccc(Br)cc2OC)cc1. The predicted octanol–water partition coefficient (Wildman–Crippen LogP) is 5.17. The van der Waals surface area contributed by atoms with Crippen molar-refractivity contribution >= 4 is 27.7 Å². The topological polar surface area (TPSA) is 9.23 Å². The molecule has 0 aliphatic carbocycles. The van der Waals surface area contributed by atoms with Crippen molar-refractivity contribution in [1.29, 1.82) is 0 Å². The molecular formula is C15H15BrOS. The van der Waals surface area contributed by atoms with Gasteiger partial charge in [-0.15, -0.1) is 0 Å². The minimum atomic E-state index is 0.897. The number of rotatable bonds is 4. The lowest BCUT2D eigenvalue weighted by molar-refractivity contribution is 0.404. The van der Waals surface area contributed by atoms with E-state index >= 15 is 0 Å². The Kier molecular flexibility index (Phi) is 4.72. The molecule has 0 atom stereocenters. The van der Waals surface area contributed by atoms with Crippen molar-refractivity contribution in [2.45, 2.75) is 23.1 Å². The van der Waals surface area contributed by atoms with E-state index in [2.05, 4.69) is 53.2 Å². The Labute approximate surface area is 121 Å². The van der Waals surface area contributed by atoms with E-state index in [1.54, 1.807) is 18.9 Å². The normalized spacial score (nSPS) is 10.4. The average Bonchev–Trinajstić information content (AvgIpc) is 2.41. The molecular weight excluding hydrogens is 308 g/mol. The van der Waals surface area contributed by atoms with Crippen LogP contribution in [0.5, 0.6) is 5.75 Å². The van der Waals surface area contributed by atoms with Crippen LogP contribution in [-0.2, 0) is 6.42 Å². The molecule has 1 nitrogen and oxygen atoms in total. The summed E-state index contributed by atoms with van der Waals surface area (Å²) in [6, 6.07) is 14.8. The standard InChI is InChI=1S/C15H15BrOS/c1-3-11-4-7-13(8-5-11)18-15-9-6-12(16)10-14(15)17-2/h4-10H,3H2,1-2H3. The molecule has 0 saturated heterocycles. The molecule has 0 N–H and O–H groups in total. The highest BCUT2D eigenvalue weighted by atomic mass is 79.9. The second kappa shape index (κ2) is 6.30. The van der Waals surface area contributed by atoms with Gasteiger partial charge in [0.25, 0.3) is 0 Å². The van der Waals surface area contributed by atoms with Gasteiger partial charge in [0.1, 0.15) is 5.75 Å². The third-order valence-electron chi connectivity index (χ3n) is 2.69. The molecule has 2 aromatic carbocycles. The summed E-state index contributed by atoms with van der Waals surface area (Å²) < 4.78 is 6.42. The summed E-state index contributed by atoms with van der Waals surface area (Å²) in [6.07, 6.45) is 1.08. The third kappa shape index (κ3) is 3.30. The van der Waals surface area contributed by atoms with Gasteiger partial charge in [-0.25, -0.2) is 0 Å². The first kappa shape index (κ1) is 13.5. The van der Waals surface area contributed by atoms with Crippen LogP contribution in [0.3, 0.4) is 0 Å². The summed E-state index contributed by atoms with van der Waals surface area (Å²) in [6.45, 7) is 2.17. The molecule has 0 fully saturated rings. The van der Waals surface area contributed by atoms with Crippen LogP contribution < -0.4 is 4.74 Å². The molecule has 18 heavy (non-hydrogen) atoms. The predicted molar refractivity (Wildman–Crippen MR) is 80.6 cm³/mol. The van der Waals surface area contributed by atoms with Crippen LogP contribution in [0.2, 0.25) is 0 Å². The maximum atomic E-state index is 5.39. The molecule has 0 amide bonds. The van der Waals surface area contributed by atoms with E-state index in [1.807, 2.05) is 12.1 Å². The summed E-state index contributed by atoms with van der Waals surface area (Å²) >= 11 is 5.17. The van der Waals surface area contributed by atoms with Gasteiger partial charge in [0, 0.05) is 9.37 Å². The Morgan fingerprint density at radius 1 is 1.11 bits per heavy atom. The summed E-state index contributed by atoms with van der Waals surface area (Å²) in [5.74, 6) is 0.897. The number of halogens is 1. The smallest absolute Gasteiger partial charge is 0.133 e. The van der Waals surface area contributed by atoms with E-state index in [1.165, 1.54) is 10.5 Å². The van der Waals surface area contributed by atoms with Crippen molar-refractivity contribution in [3.8, 4) is 5.75 Å². The second-order valence-electron chi connectivity index (χ2n) is 3.89. The Morgan fingerprint density at radius 3 is 2.44 bits per heavy atom.